The third-order valence-corrected chi connectivity index (χ3v) is 5.97. The van der Waals surface area contributed by atoms with E-state index in [0.717, 1.165) is 23.1 Å². The third kappa shape index (κ3) is 4.19. The van der Waals surface area contributed by atoms with E-state index < -0.39 is 0 Å². The monoisotopic (exact) mass is 414 g/mol. The Morgan fingerprint density at radius 1 is 0.935 bits per heavy atom. The Balaban J connectivity index is 1.83. The van der Waals surface area contributed by atoms with Crippen molar-refractivity contribution in [3.05, 3.63) is 94.7 Å². The van der Waals surface area contributed by atoms with Crippen molar-refractivity contribution in [2.75, 3.05) is 13.7 Å². The van der Waals surface area contributed by atoms with Crippen molar-refractivity contribution in [1.82, 2.24) is 14.1 Å². The molecule has 2 aromatic heterocycles. The lowest BCUT2D eigenvalue weighted by molar-refractivity contribution is 0.154. The summed E-state index contributed by atoms with van der Waals surface area (Å²) in [4.78, 5) is 4.67. The summed E-state index contributed by atoms with van der Waals surface area (Å²) in [7, 11) is 1.72. The van der Waals surface area contributed by atoms with Gasteiger partial charge in [0.1, 0.15) is 0 Å². The topological polar surface area (TPSA) is 55.8 Å². The molecule has 0 aliphatic heterocycles. The molecule has 0 saturated carbocycles. The summed E-state index contributed by atoms with van der Waals surface area (Å²) in [6, 6.07) is 21.1. The second-order valence-electron chi connectivity index (χ2n) is 8.30. The Labute approximate surface area is 183 Å². The molecule has 0 bridgehead atoms. The molecular formula is C26H30N4O. The SMILES string of the molecule is COC[C@H](Cc1ccc(C)cc1)n1c(=N)n(C(C)c2ccc(C)cc2)c2ncccc21. The molecule has 0 aliphatic carbocycles. The Morgan fingerprint density at radius 2 is 1.58 bits per heavy atom. The molecule has 5 heteroatoms. The molecule has 0 radical (unpaired) electrons. The lowest BCUT2D eigenvalue weighted by Crippen LogP contribution is -2.32. The molecule has 1 N–H and O–H groups in total. The van der Waals surface area contributed by atoms with E-state index in [0.29, 0.717) is 12.2 Å². The van der Waals surface area contributed by atoms with Crippen LogP contribution in [-0.2, 0) is 11.2 Å². The van der Waals surface area contributed by atoms with E-state index in [2.05, 4.69) is 84.9 Å². The number of aryl methyl sites for hydroxylation is 2. The van der Waals surface area contributed by atoms with Gasteiger partial charge in [0.05, 0.1) is 24.2 Å². The number of hydrogen-bond donors (Lipinski definition) is 1. The van der Waals surface area contributed by atoms with Gasteiger partial charge in [-0.15, -0.1) is 0 Å². The van der Waals surface area contributed by atoms with E-state index in [-0.39, 0.29) is 12.1 Å². The van der Waals surface area contributed by atoms with Gasteiger partial charge in [-0.25, -0.2) is 4.98 Å². The van der Waals surface area contributed by atoms with Gasteiger partial charge in [-0.1, -0.05) is 59.7 Å². The minimum atomic E-state index is -0.00526. The third-order valence-electron chi connectivity index (χ3n) is 5.97. The maximum absolute atomic E-state index is 9.14. The number of nitrogens with zero attached hydrogens (tertiary/aromatic N) is 3. The fourth-order valence-corrected chi connectivity index (χ4v) is 4.24. The van der Waals surface area contributed by atoms with E-state index in [4.69, 9.17) is 10.1 Å². The molecule has 2 aromatic carbocycles. The van der Waals surface area contributed by atoms with Gasteiger partial charge in [-0.3, -0.25) is 9.98 Å². The van der Waals surface area contributed by atoms with Crippen molar-refractivity contribution in [2.45, 2.75) is 39.3 Å². The molecule has 2 heterocycles. The van der Waals surface area contributed by atoms with Crippen molar-refractivity contribution in [1.29, 1.82) is 5.41 Å². The highest BCUT2D eigenvalue weighted by Gasteiger charge is 2.23. The van der Waals surface area contributed by atoms with Crippen LogP contribution in [0.25, 0.3) is 11.2 Å². The smallest absolute Gasteiger partial charge is 0.205 e. The number of hydrogen-bond acceptors (Lipinski definition) is 3. The number of ether oxygens (including phenoxy) is 1. The predicted octanol–water partition coefficient (Wildman–Crippen LogP) is 4.97. The second kappa shape index (κ2) is 8.90. The molecule has 31 heavy (non-hydrogen) atoms. The highest BCUT2D eigenvalue weighted by molar-refractivity contribution is 5.71. The Kier molecular flexibility index (Phi) is 6.05. The first-order valence-corrected chi connectivity index (χ1v) is 10.7. The van der Waals surface area contributed by atoms with Crippen LogP contribution in [0.5, 0.6) is 0 Å². The first kappa shape index (κ1) is 21.1. The zero-order chi connectivity index (χ0) is 22.0. The average Bonchev–Trinajstić information content (AvgIpc) is 3.06. The van der Waals surface area contributed by atoms with Crippen LogP contribution in [0.3, 0.4) is 0 Å². The van der Waals surface area contributed by atoms with E-state index in [1.54, 1.807) is 13.3 Å². The Hall–Kier alpha value is -3.18. The highest BCUT2D eigenvalue weighted by Crippen LogP contribution is 2.25. The molecule has 2 atom stereocenters. The van der Waals surface area contributed by atoms with E-state index in [1.165, 1.54) is 16.7 Å². The second-order valence-corrected chi connectivity index (χ2v) is 8.30. The molecule has 4 rings (SSSR count). The first-order valence-electron chi connectivity index (χ1n) is 10.7. The summed E-state index contributed by atoms with van der Waals surface area (Å²) in [5.41, 5.74) is 7.09. The van der Waals surface area contributed by atoms with Crippen LogP contribution in [0.4, 0.5) is 0 Å². The molecule has 5 nitrogen and oxygen atoms in total. The molecule has 160 valence electrons. The molecule has 1 unspecified atom stereocenters. The van der Waals surface area contributed by atoms with Gasteiger partial charge in [0.15, 0.2) is 5.65 Å². The number of aromatic nitrogens is 3. The van der Waals surface area contributed by atoms with Gasteiger partial charge in [-0.2, -0.15) is 0 Å². The van der Waals surface area contributed by atoms with Crippen molar-refractivity contribution in [3.8, 4) is 0 Å². The van der Waals surface area contributed by atoms with Crippen LogP contribution >= 0.6 is 0 Å². The van der Waals surface area contributed by atoms with Crippen LogP contribution in [0.15, 0.2) is 66.9 Å². The van der Waals surface area contributed by atoms with Gasteiger partial charge < -0.3 is 9.30 Å². The van der Waals surface area contributed by atoms with Gasteiger partial charge in [0.2, 0.25) is 5.62 Å². The standard InChI is InChI=1S/C26H30N4O/c1-18-7-11-21(12-8-18)16-23(17-31-4)30-24-6-5-15-28-25(24)29(26(30)27)20(3)22-13-9-19(2)10-14-22/h5-15,20,23,27H,16-17H2,1-4H3/t20?,23-/m0/s1. The summed E-state index contributed by atoms with van der Waals surface area (Å²) in [5, 5.41) is 9.14. The van der Waals surface area contributed by atoms with E-state index >= 15 is 0 Å². The van der Waals surface area contributed by atoms with Crippen molar-refractivity contribution >= 4 is 11.2 Å². The van der Waals surface area contributed by atoms with Crippen LogP contribution in [0.2, 0.25) is 0 Å². The Bertz CT molecular complexity index is 1220. The Morgan fingerprint density at radius 3 is 2.23 bits per heavy atom. The summed E-state index contributed by atoms with van der Waals surface area (Å²) in [6.45, 7) is 6.84. The average molecular weight is 415 g/mol. The molecule has 4 aromatic rings. The minimum absolute atomic E-state index is 0.00151. The number of benzene rings is 2. The lowest BCUT2D eigenvalue weighted by atomic mass is 10.0. The van der Waals surface area contributed by atoms with E-state index in [9.17, 15) is 0 Å². The number of nitrogens with one attached hydrogen (secondary N) is 1. The fourth-order valence-electron chi connectivity index (χ4n) is 4.24. The lowest BCUT2D eigenvalue weighted by Gasteiger charge is -2.20. The van der Waals surface area contributed by atoms with Crippen LogP contribution < -0.4 is 5.62 Å². The molecular weight excluding hydrogens is 384 g/mol. The van der Waals surface area contributed by atoms with Gasteiger partial charge in [0, 0.05) is 13.3 Å². The van der Waals surface area contributed by atoms with Crippen molar-refractivity contribution in [2.24, 2.45) is 0 Å². The predicted molar refractivity (Wildman–Crippen MR) is 124 cm³/mol. The van der Waals surface area contributed by atoms with Gasteiger partial charge >= 0.3 is 0 Å². The maximum atomic E-state index is 9.14. The summed E-state index contributed by atoms with van der Waals surface area (Å²) in [6.07, 6.45) is 2.59. The summed E-state index contributed by atoms with van der Waals surface area (Å²) in [5.74, 6) is 0. The largest absolute Gasteiger partial charge is 0.383 e. The maximum Gasteiger partial charge on any atom is 0.205 e. The number of rotatable bonds is 7. The number of pyridine rings is 1. The quantitative estimate of drug-likeness (QED) is 0.464. The molecule has 0 saturated heterocycles. The van der Waals surface area contributed by atoms with Crippen molar-refractivity contribution < 1.29 is 4.74 Å². The highest BCUT2D eigenvalue weighted by atomic mass is 16.5. The van der Waals surface area contributed by atoms with Gasteiger partial charge in [0.25, 0.3) is 0 Å². The van der Waals surface area contributed by atoms with Crippen LogP contribution in [0, 0.1) is 19.3 Å². The minimum Gasteiger partial charge on any atom is -0.383 e. The summed E-state index contributed by atoms with van der Waals surface area (Å²) >= 11 is 0. The number of fused-ring (bicyclic) bond motifs is 1. The zero-order valence-corrected chi connectivity index (χ0v) is 18.7. The normalized spacial score (nSPS) is 13.4. The van der Waals surface area contributed by atoms with E-state index in [1.807, 2.05) is 10.6 Å². The number of imidazole rings is 1. The first-order chi connectivity index (χ1) is 15.0. The zero-order valence-electron chi connectivity index (χ0n) is 18.7. The van der Waals surface area contributed by atoms with Crippen molar-refractivity contribution in [3.63, 3.8) is 0 Å². The van der Waals surface area contributed by atoms with Gasteiger partial charge in [-0.05, 0) is 50.5 Å². The molecule has 0 fully saturated rings. The van der Waals surface area contributed by atoms with Crippen LogP contribution in [0.1, 0.15) is 41.3 Å². The molecule has 0 amide bonds. The fraction of sp³-hybridized carbons (Fsp3) is 0.308. The molecule has 0 aliphatic rings. The molecule has 0 spiro atoms. The van der Waals surface area contributed by atoms with Crippen LogP contribution in [-0.4, -0.2) is 27.8 Å². The summed E-state index contributed by atoms with van der Waals surface area (Å²) < 4.78 is 9.70. The number of methoxy groups -OCH3 is 1.